The molecular formula is C12H20N2O4S. The molecule has 1 saturated heterocycles. The number of carboxylic acid groups (broad SMARTS) is 1. The first-order valence-electron chi connectivity index (χ1n) is 6.42. The molecule has 1 atom stereocenters. The first kappa shape index (κ1) is 14.5. The van der Waals surface area contributed by atoms with Gasteiger partial charge < -0.3 is 20.1 Å². The number of carbonyl (C=O) groups excluding carboxylic acids is 1. The molecule has 19 heavy (non-hydrogen) atoms. The van der Waals surface area contributed by atoms with Crippen molar-refractivity contribution in [3.8, 4) is 0 Å². The van der Waals surface area contributed by atoms with Crippen LogP contribution in [-0.2, 0) is 9.53 Å². The van der Waals surface area contributed by atoms with Crippen molar-refractivity contribution in [3.63, 3.8) is 0 Å². The summed E-state index contributed by atoms with van der Waals surface area (Å²) in [7, 11) is 1.67. The van der Waals surface area contributed by atoms with Crippen molar-refractivity contribution in [1.82, 2.24) is 10.2 Å². The molecule has 1 heterocycles. The lowest BCUT2D eigenvalue weighted by atomic mass is 10.0. The second kappa shape index (κ2) is 6.00. The number of hydrogen-bond acceptors (Lipinski definition) is 4. The van der Waals surface area contributed by atoms with Gasteiger partial charge in [-0.1, -0.05) is 0 Å². The fourth-order valence-electron chi connectivity index (χ4n) is 2.22. The number of ether oxygens (including phenoxy) is 1. The van der Waals surface area contributed by atoms with Gasteiger partial charge in [-0.25, -0.2) is 9.59 Å². The molecule has 0 aromatic carbocycles. The molecule has 1 aliphatic carbocycles. The van der Waals surface area contributed by atoms with Gasteiger partial charge in [0.05, 0.1) is 5.88 Å². The van der Waals surface area contributed by atoms with Crippen molar-refractivity contribution >= 4 is 23.8 Å². The number of urea groups is 1. The van der Waals surface area contributed by atoms with E-state index in [1.165, 1.54) is 16.7 Å². The highest BCUT2D eigenvalue weighted by molar-refractivity contribution is 7.99. The highest BCUT2D eigenvalue weighted by Gasteiger charge is 2.43. The predicted molar refractivity (Wildman–Crippen MR) is 72.1 cm³/mol. The molecule has 0 aromatic rings. The van der Waals surface area contributed by atoms with Crippen molar-refractivity contribution in [2.24, 2.45) is 5.41 Å². The zero-order chi connectivity index (χ0) is 13.9. The van der Waals surface area contributed by atoms with Gasteiger partial charge in [0.2, 0.25) is 0 Å². The minimum atomic E-state index is -0.930. The number of carbonyl (C=O) groups is 2. The second-order valence-corrected chi connectivity index (χ2v) is 6.22. The van der Waals surface area contributed by atoms with E-state index in [-0.39, 0.29) is 11.4 Å². The molecule has 2 amide bonds. The number of nitrogens with zero attached hydrogens (tertiary/aromatic N) is 1. The quantitative estimate of drug-likeness (QED) is 0.761. The van der Waals surface area contributed by atoms with Crippen molar-refractivity contribution in [2.75, 3.05) is 31.9 Å². The lowest BCUT2D eigenvalue weighted by Crippen LogP contribution is -2.48. The maximum absolute atomic E-state index is 12.0. The molecule has 7 heteroatoms. The van der Waals surface area contributed by atoms with E-state index in [1.54, 1.807) is 7.11 Å². The Morgan fingerprint density at radius 2 is 2.26 bits per heavy atom. The Morgan fingerprint density at radius 1 is 1.53 bits per heavy atom. The maximum atomic E-state index is 12.0. The van der Waals surface area contributed by atoms with Crippen LogP contribution in [0.2, 0.25) is 0 Å². The SMILES string of the molecule is COCCC1(CNC(=O)N2CSC[C@H]2C(=O)O)CC1. The number of amides is 2. The van der Waals surface area contributed by atoms with Crippen LogP contribution in [0.15, 0.2) is 0 Å². The minimum Gasteiger partial charge on any atom is -0.480 e. The summed E-state index contributed by atoms with van der Waals surface area (Å²) in [6, 6.07) is -0.958. The van der Waals surface area contributed by atoms with Crippen LogP contribution < -0.4 is 5.32 Å². The van der Waals surface area contributed by atoms with Crippen molar-refractivity contribution in [2.45, 2.75) is 25.3 Å². The standard InChI is InChI=1S/C12H20N2O4S/c1-18-5-4-12(2-3-12)7-13-11(17)14-8-19-6-9(14)10(15)16/h9H,2-8H2,1H3,(H,13,17)(H,15,16)/t9-/m0/s1. The summed E-state index contributed by atoms with van der Waals surface area (Å²) >= 11 is 1.47. The molecule has 2 rings (SSSR count). The van der Waals surface area contributed by atoms with Gasteiger partial charge in [0.25, 0.3) is 0 Å². The Bertz CT molecular complexity index is 360. The second-order valence-electron chi connectivity index (χ2n) is 5.23. The molecule has 2 N–H and O–H groups in total. The topological polar surface area (TPSA) is 78.9 Å². The number of carboxylic acids is 1. The van der Waals surface area contributed by atoms with E-state index < -0.39 is 12.0 Å². The number of rotatable bonds is 6. The Balaban J connectivity index is 1.80. The van der Waals surface area contributed by atoms with Crippen LogP contribution in [0, 0.1) is 5.41 Å². The van der Waals surface area contributed by atoms with Crippen LogP contribution >= 0.6 is 11.8 Å². The van der Waals surface area contributed by atoms with Gasteiger partial charge in [-0.3, -0.25) is 0 Å². The maximum Gasteiger partial charge on any atom is 0.327 e. The molecule has 2 aliphatic rings. The summed E-state index contributed by atoms with van der Waals surface area (Å²) in [4.78, 5) is 24.4. The third-order valence-electron chi connectivity index (χ3n) is 3.84. The van der Waals surface area contributed by atoms with E-state index in [1.807, 2.05) is 0 Å². The van der Waals surface area contributed by atoms with E-state index in [4.69, 9.17) is 9.84 Å². The molecule has 2 fully saturated rings. The van der Waals surface area contributed by atoms with Crippen LogP contribution in [-0.4, -0.2) is 59.9 Å². The van der Waals surface area contributed by atoms with Gasteiger partial charge in [-0.15, -0.1) is 11.8 Å². The highest BCUT2D eigenvalue weighted by Crippen LogP contribution is 2.48. The van der Waals surface area contributed by atoms with E-state index in [9.17, 15) is 9.59 Å². The molecule has 0 spiro atoms. The van der Waals surface area contributed by atoms with Crippen LogP contribution in [0.3, 0.4) is 0 Å². The van der Waals surface area contributed by atoms with Crippen LogP contribution in [0.1, 0.15) is 19.3 Å². The van der Waals surface area contributed by atoms with Gasteiger partial charge in [0.1, 0.15) is 6.04 Å². The van der Waals surface area contributed by atoms with E-state index in [2.05, 4.69) is 5.32 Å². The summed E-state index contributed by atoms with van der Waals surface area (Å²) in [6.07, 6.45) is 3.16. The Morgan fingerprint density at radius 3 is 2.84 bits per heavy atom. The molecule has 0 radical (unpaired) electrons. The average molecular weight is 288 g/mol. The monoisotopic (exact) mass is 288 g/mol. The van der Waals surface area contributed by atoms with Crippen molar-refractivity contribution < 1.29 is 19.4 Å². The summed E-state index contributed by atoms with van der Waals surface area (Å²) in [5, 5.41) is 11.9. The summed E-state index contributed by atoms with van der Waals surface area (Å²) < 4.78 is 5.07. The van der Waals surface area contributed by atoms with Crippen LogP contribution in [0.4, 0.5) is 4.79 Å². The van der Waals surface area contributed by atoms with Gasteiger partial charge >= 0.3 is 12.0 Å². The normalized spacial score (nSPS) is 24.3. The number of hydrogen-bond donors (Lipinski definition) is 2. The zero-order valence-electron chi connectivity index (χ0n) is 11.1. The van der Waals surface area contributed by atoms with Gasteiger partial charge in [0.15, 0.2) is 0 Å². The van der Waals surface area contributed by atoms with Crippen molar-refractivity contribution in [3.05, 3.63) is 0 Å². The largest absolute Gasteiger partial charge is 0.480 e. The minimum absolute atomic E-state index is 0.178. The molecule has 0 aromatic heterocycles. The first-order valence-corrected chi connectivity index (χ1v) is 7.57. The van der Waals surface area contributed by atoms with Gasteiger partial charge in [-0.05, 0) is 24.7 Å². The third-order valence-corrected chi connectivity index (χ3v) is 4.85. The fraction of sp³-hybridized carbons (Fsp3) is 0.833. The number of thioether (sulfide) groups is 1. The Hall–Kier alpha value is -0.950. The van der Waals surface area contributed by atoms with Crippen LogP contribution in [0.5, 0.6) is 0 Å². The van der Waals surface area contributed by atoms with E-state index in [0.29, 0.717) is 24.8 Å². The van der Waals surface area contributed by atoms with Gasteiger partial charge in [0, 0.05) is 26.0 Å². The fourth-order valence-corrected chi connectivity index (χ4v) is 3.37. The molecular weight excluding hydrogens is 268 g/mol. The summed E-state index contributed by atoms with van der Waals surface area (Å²) in [5.74, 6) is -0.00787. The molecule has 0 unspecified atom stereocenters. The zero-order valence-corrected chi connectivity index (χ0v) is 11.9. The van der Waals surface area contributed by atoms with Gasteiger partial charge in [-0.2, -0.15) is 0 Å². The lowest BCUT2D eigenvalue weighted by molar-refractivity contribution is -0.140. The molecule has 1 saturated carbocycles. The summed E-state index contributed by atoms with van der Waals surface area (Å²) in [5.41, 5.74) is 0.178. The molecule has 6 nitrogen and oxygen atoms in total. The number of nitrogens with one attached hydrogen (secondary N) is 1. The van der Waals surface area contributed by atoms with Crippen LogP contribution in [0.25, 0.3) is 0 Å². The average Bonchev–Trinajstić information content (AvgIpc) is 2.97. The Kier molecular flexibility index (Phi) is 4.57. The summed E-state index contributed by atoms with van der Waals surface area (Å²) in [6.45, 7) is 1.32. The third kappa shape index (κ3) is 3.54. The lowest BCUT2D eigenvalue weighted by Gasteiger charge is -2.23. The number of aliphatic carboxylic acids is 1. The smallest absolute Gasteiger partial charge is 0.327 e. The first-order chi connectivity index (χ1) is 9.08. The van der Waals surface area contributed by atoms with Crippen molar-refractivity contribution in [1.29, 1.82) is 0 Å². The predicted octanol–water partition coefficient (Wildman–Crippen LogP) is 0.972. The Labute approximate surface area is 116 Å². The molecule has 1 aliphatic heterocycles. The van der Waals surface area contributed by atoms with E-state index in [0.717, 1.165) is 19.3 Å². The molecule has 108 valence electrons. The van der Waals surface area contributed by atoms with E-state index >= 15 is 0 Å². The molecule has 0 bridgehead atoms. The number of methoxy groups -OCH3 is 1. The highest BCUT2D eigenvalue weighted by atomic mass is 32.2.